The summed E-state index contributed by atoms with van der Waals surface area (Å²) < 4.78 is 0. The number of nitrogens with two attached hydrogens (primary N) is 3. The van der Waals surface area contributed by atoms with Gasteiger partial charge in [-0.15, -0.1) is 0 Å². The molecule has 12 nitrogen and oxygen atoms in total. The zero-order chi connectivity index (χ0) is 21.9. The largest absolute Gasteiger partial charge is 0.417 e. The van der Waals surface area contributed by atoms with Crippen LogP contribution in [-0.2, 0) is 9.63 Å². The van der Waals surface area contributed by atoms with Crippen molar-refractivity contribution in [2.24, 2.45) is 10.9 Å². The van der Waals surface area contributed by atoms with Crippen molar-refractivity contribution in [3.05, 3.63) is 23.2 Å². The number of hydrogen-bond donors (Lipinski definition) is 5. The van der Waals surface area contributed by atoms with Gasteiger partial charge in [0.15, 0.2) is 28.4 Å². The summed E-state index contributed by atoms with van der Waals surface area (Å²) in [6.45, 7) is 5.34. The summed E-state index contributed by atoms with van der Waals surface area (Å²) in [5.41, 5.74) is 10.7. The first-order valence-corrected chi connectivity index (χ1v) is 9.66. The van der Waals surface area contributed by atoms with Crippen LogP contribution in [-0.4, -0.2) is 57.8 Å². The number of amides is 2. The van der Waals surface area contributed by atoms with Gasteiger partial charge in [-0.1, -0.05) is 18.2 Å². The van der Waals surface area contributed by atoms with Gasteiger partial charge in [-0.2, -0.15) is 10.9 Å². The predicted octanol–water partition coefficient (Wildman–Crippen LogP) is -0.471. The fraction of sp³-hybridized carbons (Fsp3) is 0.471. The maximum Gasteiger partial charge on any atom is 0.302 e. The molecule has 0 aliphatic carbocycles. The van der Waals surface area contributed by atoms with Gasteiger partial charge in [0.05, 0.1) is 5.54 Å². The number of nitrogen functional groups attached to an aromatic ring is 2. The molecule has 30 heavy (non-hydrogen) atoms. The van der Waals surface area contributed by atoms with Crippen LogP contribution in [0.4, 0.5) is 11.6 Å². The van der Waals surface area contributed by atoms with Crippen LogP contribution in [0.5, 0.6) is 0 Å². The van der Waals surface area contributed by atoms with E-state index in [1.807, 2.05) is 0 Å². The first kappa shape index (κ1) is 21.6. The molecule has 3 heterocycles. The average Bonchev–Trinajstić information content (AvgIpc) is 3.10. The van der Waals surface area contributed by atoms with E-state index in [1.165, 1.54) is 0 Å². The first-order chi connectivity index (χ1) is 14.2. The van der Waals surface area contributed by atoms with Gasteiger partial charge < -0.3 is 31.8 Å². The summed E-state index contributed by atoms with van der Waals surface area (Å²) in [6.07, 6.45) is 2.07. The number of carbonyl (C=O) groups excluding carboxylic acids is 2. The van der Waals surface area contributed by atoms with Crippen LogP contribution in [0.2, 0.25) is 5.15 Å². The lowest BCUT2D eigenvalue weighted by Crippen LogP contribution is -2.53. The number of nitrogens with zero attached hydrogens (tertiary/aromatic N) is 4. The Bertz CT molecular complexity index is 897. The Labute approximate surface area is 177 Å². The summed E-state index contributed by atoms with van der Waals surface area (Å²) in [4.78, 5) is 42.7. The van der Waals surface area contributed by atoms with Crippen molar-refractivity contribution in [3.8, 4) is 0 Å². The smallest absolute Gasteiger partial charge is 0.302 e. The summed E-state index contributed by atoms with van der Waals surface area (Å²) in [5.74, 6) is 4.83. The molecule has 1 aromatic heterocycles. The number of aliphatic imine (C=N–C) groups is 1. The summed E-state index contributed by atoms with van der Waals surface area (Å²) >= 11 is 5.81. The summed E-state index contributed by atoms with van der Waals surface area (Å²) in [6, 6.07) is 0. The normalized spacial score (nSPS) is 18.7. The Hall–Kier alpha value is -3.12. The molecule has 3 rings (SSSR count). The van der Waals surface area contributed by atoms with Crippen molar-refractivity contribution in [2.75, 3.05) is 31.1 Å². The molecule has 2 aliphatic heterocycles. The molecule has 8 N–H and O–H groups in total. The minimum atomic E-state index is -0.691. The standard InChI is InChI=1S/C17H24ClN9O3/c1-9(30-21)2-3-10(28)27-6-4-17(5-7-27)8-22-16(26-17)25-15(29)11-13(19)24-14(20)12(18)23-11/h1-8,21H2,(H4,19,20,24)(H2,22,25,26,29). The first-order valence-electron chi connectivity index (χ1n) is 9.29. The highest BCUT2D eigenvalue weighted by atomic mass is 35.5. The van der Waals surface area contributed by atoms with Crippen LogP contribution >= 0.6 is 11.6 Å². The van der Waals surface area contributed by atoms with Crippen LogP contribution in [0.15, 0.2) is 17.3 Å². The van der Waals surface area contributed by atoms with E-state index in [-0.39, 0.29) is 33.9 Å². The van der Waals surface area contributed by atoms with Crippen molar-refractivity contribution >= 4 is 41.0 Å². The number of aromatic nitrogens is 2. The third-order valence-corrected chi connectivity index (χ3v) is 5.43. The number of likely N-dealkylation sites (tertiary alicyclic amines) is 1. The third-order valence-electron chi connectivity index (χ3n) is 5.16. The lowest BCUT2D eigenvalue weighted by atomic mass is 9.88. The van der Waals surface area contributed by atoms with Crippen molar-refractivity contribution in [1.29, 1.82) is 0 Å². The van der Waals surface area contributed by atoms with E-state index < -0.39 is 5.91 Å². The molecule has 13 heteroatoms. The second kappa shape index (κ2) is 8.71. The van der Waals surface area contributed by atoms with Gasteiger partial charge in [-0.05, 0) is 12.8 Å². The van der Waals surface area contributed by atoms with Crippen LogP contribution < -0.4 is 28.0 Å². The lowest BCUT2D eigenvalue weighted by Gasteiger charge is -2.38. The fourth-order valence-corrected chi connectivity index (χ4v) is 3.49. The molecule has 2 aliphatic rings. The zero-order valence-corrected chi connectivity index (χ0v) is 17.0. The summed E-state index contributed by atoms with van der Waals surface area (Å²) in [7, 11) is 0. The van der Waals surface area contributed by atoms with Crippen LogP contribution in [0, 0.1) is 0 Å². The van der Waals surface area contributed by atoms with Crippen molar-refractivity contribution in [3.63, 3.8) is 0 Å². The Balaban J connectivity index is 1.58. The van der Waals surface area contributed by atoms with Gasteiger partial charge in [0.1, 0.15) is 5.76 Å². The van der Waals surface area contributed by atoms with Crippen molar-refractivity contribution in [2.45, 2.75) is 31.2 Å². The van der Waals surface area contributed by atoms with Gasteiger partial charge >= 0.3 is 5.91 Å². The molecule has 2 fully saturated rings. The highest BCUT2D eigenvalue weighted by Gasteiger charge is 2.40. The van der Waals surface area contributed by atoms with E-state index in [9.17, 15) is 9.59 Å². The second-order valence-electron chi connectivity index (χ2n) is 7.20. The molecule has 0 unspecified atom stereocenters. The number of nitrogens with one attached hydrogen (secondary N) is 2. The number of rotatable bonds is 5. The molecule has 0 saturated carbocycles. The molecule has 0 radical (unpaired) electrons. The molecule has 0 aromatic carbocycles. The molecule has 0 bridgehead atoms. The monoisotopic (exact) mass is 437 g/mol. The van der Waals surface area contributed by atoms with E-state index in [0.29, 0.717) is 57.0 Å². The Morgan fingerprint density at radius 2 is 1.93 bits per heavy atom. The number of guanidine groups is 1. The molecule has 162 valence electrons. The average molecular weight is 438 g/mol. The van der Waals surface area contributed by atoms with Crippen molar-refractivity contribution < 1.29 is 14.4 Å². The molecular formula is C17H24ClN9O3. The van der Waals surface area contributed by atoms with Crippen molar-refractivity contribution in [1.82, 2.24) is 25.5 Å². The SMILES string of the molecule is C=C(CCC(=O)N1CCC2(CC1)CN/C(=N\C(=O)c1nc(Cl)c(N)nc1N)N2)ON. The van der Waals surface area contributed by atoms with Crippen LogP contribution in [0.25, 0.3) is 0 Å². The topological polar surface area (TPSA) is 187 Å². The molecule has 2 amide bonds. The van der Waals surface area contributed by atoms with E-state index in [0.717, 1.165) is 0 Å². The van der Waals surface area contributed by atoms with Gasteiger partial charge in [0, 0.05) is 32.5 Å². The highest BCUT2D eigenvalue weighted by Crippen LogP contribution is 2.25. The van der Waals surface area contributed by atoms with Gasteiger partial charge in [0.2, 0.25) is 5.91 Å². The Kier molecular flexibility index (Phi) is 6.27. The molecule has 2 saturated heterocycles. The van der Waals surface area contributed by atoms with E-state index in [1.54, 1.807) is 4.90 Å². The van der Waals surface area contributed by atoms with Crippen LogP contribution in [0.1, 0.15) is 36.2 Å². The predicted molar refractivity (Wildman–Crippen MR) is 111 cm³/mol. The number of allylic oxidation sites excluding steroid dienone is 1. The third kappa shape index (κ3) is 4.71. The number of piperidine rings is 1. The number of carbonyl (C=O) groups is 2. The maximum atomic E-state index is 12.4. The Morgan fingerprint density at radius 1 is 1.23 bits per heavy atom. The van der Waals surface area contributed by atoms with E-state index >= 15 is 0 Å². The number of anilines is 2. The number of hydrogen-bond acceptors (Lipinski definition) is 8. The molecular weight excluding hydrogens is 414 g/mol. The molecule has 1 aromatic rings. The summed E-state index contributed by atoms with van der Waals surface area (Å²) in [5, 5.41) is 6.22. The minimum Gasteiger partial charge on any atom is -0.417 e. The zero-order valence-electron chi connectivity index (χ0n) is 16.3. The molecule has 0 atom stereocenters. The van der Waals surface area contributed by atoms with Gasteiger partial charge in [0.25, 0.3) is 0 Å². The Morgan fingerprint density at radius 3 is 2.60 bits per heavy atom. The quantitative estimate of drug-likeness (QED) is 0.297. The van der Waals surface area contributed by atoms with Gasteiger partial charge in [-0.25, -0.2) is 9.97 Å². The maximum absolute atomic E-state index is 12.4. The lowest BCUT2D eigenvalue weighted by molar-refractivity contribution is -0.132. The highest BCUT2D eigenvalue weighted by molar-refractivity contribution is 6.31. The second-order valence-corrected chi connectivity index (χ2v) is 7.55. The van der Waals surface area contributed by atoms with Gasteiger partial charge in [-0.3, -0.25) is 9.59 Å². The number of halogens is 1. The van der Waals surface area contributed by atoms with E-state index in [2.05, 4.69) is 37.0 Å². The van der Waals surface area contributed by atoms with Crippen LogP contribution in [0.3, 0.4) is 0 Å². The molecule has 1 spiro atoms. The minimum absolute atomic E-state index is 0.0207. The fourth-order valence-electron chi connectivity index (χ4n) is 3.36. The van der Waals surface area contributed by atoms with E-state index in [4.69, 9.17) is 29.0 Å².